The second-order valence-electron chi connectivity index (χ2n) is 6.28. The monoisotopic (exact) mass is 328 g/mol. The number of hydrogen-bond donors (Lipinski definition) is 1. The fourth-order valence-electron chi connectivity index (χ4n) is 3.81. The highest BCUT2D eigenvalue weighted by Gasteiger charge is 2.51. The summed E-state index contributed by atoms with van der Waals surface area (Å²) >= 11 is 0. The first-order chi connectivity index (χ1) is 10.4. The Labute approximate surface area is 130 Å². The van der Waals surface area contributed by atoms with Crippen molar-refractivity contribution < 1.29 is 22.7 Å². The third-order valence-corrected chi connectivity index (χ3v) is 7.52. The third kappa shape index (κ3) is 2.52. The molecular weight excluding hydrogens is 307 g/mol. The van der Waals surface area contributed by atoms with Crippen LogP contribution in [-0.4, -0.2) is 30.6 Å². The van der Waals surface area contributed by atoms with Gasteiger partial charge in [0, 0.05) is 5.56 Å². The molecule has 2 aliphatic heterocycles. The Morgan fingerprint density at radius 1 is 1.32 bits per heavy atom. The van der Waals surface area contributed by atoms with Gasteiger partial charge in [0.25, 0.3) is 0 Å². The molecule has 2 saturated heterocycles. The Kier molecular flexibility index (Phi) is 3.93. The molecule has 2 atom stereocenters. The summed E-state index contributed by atoms with van der Waals surface area (Å²) in [7, 11) is -3.17. The van der Waals surface area contributed by atoms with Crippen LogP contribution in [0.3, 0.4) is 0 Å². The minimum Gasteiger partial charge on any atom is -0.493 e. The zero-order chi connectivity index (χ0) is 16.0. The lowest BCUT2D eigenvalue weighted by Crippen LogP contribution is -2.50. The average Bonchev–Trinajstić information content (AvgIpc) is 2.43. The zero-order valence-corrected chi connectivity index (χ0v) is 13.4. The van der Waals surface area contributed by atoms with Gasteiger partial charge in [-0.25, -0.2) is 12.8 Å². The van der Waals surface area contributed by atoms with Crippen LogP contribution in [0.4, 0.5) is 4.39 Å². The van der Waals surface area contributed by atoms with Gasteiger partial charge >= 0.3 is 0 Å². The quantitative estimate of drug-likeness (QED) is 0.926. The van der Waals surface area contributed by atoms with E-state index in [-0.39, 0.29) is 12.8 Å². The second kappa shape index (κ2) is 5.49. The van der Waals surface area contributed by atoms with E-state index in [2.05, 4.69) is 0 Å². The van der Waals surface area contributed by atoms with Crippen LogP contribution in [0, 0.1) is 5.82 Å². The second-order valence-corrected chi connectivity index (χ2v) is 8.79. The highest BCUT2D eigenvalue weighted by atomic mass is 32.2. The van der Waals surface area contributed by atoms with Crippen LogP contribution in [0.15, 0.2) is 18.2 Å². The maximum Gasteiger partial charge on any atom is 0.156 e. The maximum atomic E-state index is 13.7. The molecule has 0 amide bonds. The summed E-state index contributed by atoms with van der Waals surface area (Å²) in [5, 5.41) is 10.0. The Bertz CT molecular complexity index is 651. The smallest absolute Gasteiger partial charge is 0.156 e. The van der Waals surface area contributed by atoms with Crippen molar-refractivity contribution in [2.75, 3.05) is 6.61 Å². The fourth-order valence-corrected chi connectivity index (χ4v) is 6.36. The van der Waals surface area contributed by atoms with Crippen molar-refractivity contribution in [2.45, 2.75) is 55.1 Å². The van der Waals surface area contributed by atoms with Gasteiger partial charge in [-0.3, -0.25) is 0 Å². The van der Waals surface area contributed by atoms with Gasteiger partial charge in [0.1, 0.15) is 11.6 Å². The van der Waals surface area contributed by atoms with Crippen molar-refractivity contribution in [3.8, 4) is 5.75 Å². The lowest BCUT2D eigenvalue weighted by atomic mass is 9.80. The summed E-state index contributed by atoms with van der Waals surface area (Å²) in [6.45, 7) is 2.22. The van der Waals surface area contributed by atoms with Crippen molar-refractivity contribution in [3.63, 3.8) is 0 Å². The minimum absolute atomic E-state index is 0.120. The van der Waals surface area contributed by atoms with E-state index >= 15 is 0 Å². The molecule has 3 rings (SSSR count). The van der Waals surface area contributed by atoms with Gasteiger partial charge in [-0.1, -0.05) is 6.42 Å². The van der Waals surface area contributed by atoms with Crippen LogP contribution in [0.1, 0.15) is 44.6 Å². The summed E-state index contributed by atoms with van der Waals surface area (Å²) < 4.78 is 43.9. The van der Waals surface area contributed by atoms with Crippen molar-refractivity contribution >= 4 is 9.84 Å². The highest BCUT2D eigenvalue weighted by molar-refractivity contribution is 7.92. The Morgan fingerprint density at radius 2 is 1.95 bits per heavy atom. The molecule has 1 N–H and O–H groups in total. The molecule has 1 aromatic rings. The maximum absolute atomic E-state index is 13.7. The first kappa shape index (κ1) is 15.7. The molecule has 6 heteroatoms. The van der Waals surface area contributed by atoms with Gasteiger partial charge in [0.2, 0.25) is 0 Å². The van der Waals surface area contributed by atoms with Crippen molar-refractivity contribution in [2.24, 2.45) is 0 Å². The van der Waals surface area contributed by atoms with E-state index in [1.807, 2.05) is 6.92 Å². The number of benzene rings is 1. The van der Waals surface area contributed by atoms with Crippen LogP contribution in [0.25, 0.3) is 0 Å². The van der Waals surface area contributed by atoms with Crippen LogP contribution >= 0.6 is 0 Å². The Morgan fingerprint density at radius 3 is 2.55 bits per heavy atom. The summed E-state index contributed by atoms with van der Waals surface area (Å²) in [6.07, 6.45) is 2.25. The van der Waals surface area contributed by atoms with E-state index in [9.17, 15) is 17.9 Å². The average molecular weight is 328 g/mol. The van der Waals surface area contributed by atoms with Gasteiger partial charge < -0.3 is 9.84 Å². The lowest BCUT2D eigenvalue weighted by molar-refractivity contribution is 0.00237. The lowest BCUT2D eigenvalue weighted by Gasteiger charge is -2.44. The molecule has 1 aromatic carbocycles. The minimum atomic E-state index is -3.17. The SMILES string of the molecule is CCOc1ccc(F)cc1C1(O)CC2CCCC(C1)S2(=O)=O. The first-order valence-corrected chi connectivity index (χ1v) is 9.35. The fraction of sp³-hybridized carbons (Fsp3) is 0.625. The molecule has 2 fully saturated rings. The van der Waals surface area contributed by atoms with Crippen LogP contribution < -0.4 is 4.74 Å². The molecule has 2 aliphatic rings. The molecule has 2 bridgehead atoms. The predicted octanol–water partition coefficient (Wildman–Crippen LogP) is 2.54. The largest absolute Gasteiger partial charge is 0.493 e. The number of fused-ring (bicyclic) bond motifs is 2. The van der Waals surface area contributed by atoms with Crippen LogP contribution in [0.2, 0.25) is 0 Å². The standard InChI is InChI=1S/C16H21FO4S/c1-2-21-15-7-6-11(17)8-14(15)16(18)9-12-4-3-5-13(10-16)22(12,19)20/h6-8,12-13,18H,2-5,9-10H2,1H3. The highest BCUT2D eigenvalue weighted by Crippen LogP contribution is 2.48. The van der Waals surface area contributed by atoms with Gasteiger partial charge in [0.15, 0.2) is 9.84 Å². The molecule has 0 saturated carbocycles. The molecule has 4 nitrogen and oxygen atoms in total. The summed E-state index contributed by atoms with van der Waals surface area (Å²) in [5.74, 6) is -0.0192. The number of aliphatic hydroxyl groups is 1. The first-order valence-electron chi connectivity index (χ1n) is 7.75. The summed E-state index contributed by atoms with van der Waals surface area (Å²) in [6, 6.07) is 4.07. The molecule has 0 aliphatic carbocycles. The van der Waals surface area contributed by atoms with Crippen LogP contribution in [0.5, 0.6) is 5.75 Å². The van der Waals surface area contributed by atoms with Crippen LogP contribution in [-0.2, 0) is 15.4 Å². The predicted molar refractivity (Wildman–Crippen MR) is 81.0 cm³/mol. The molecular formula is C16H21FO4S. The number of halogens is 1. The van der Waals surface area contributed by atoms with E-state index < -0.39 is 31.8 Å². The Hall–Kier alpha value is -1.14. The normalized spacial score (nSPS) is 33.4. The van der Waals surface area contributed by atoms with Gasteiger partial charge in [-0.2, -0.15) is 0 Å². The van der Waals surface area contributed by atoms with Gasteiger partial charge in [-0.05, 0) is 50.8 Å². The Balaban J connectivity index is 2.03. The van der Waals surface area contributed by atoms with E-state index in [0.29, 0.717) is 30.8 Å². The molecule has 0 spiro atoms. The summed E-state index contributed by atoms with van der Waals surface area (Å²) in [4.78, 5) is 0. The molecule has 2 heterocycles. The zero-order valence-electron chi connectivity index (χ0n) is 12.6. The van der Waals surface area contributed by atoms with E-state index in [1.165, 1.54) is 18.2 Å². The van der Waals surface area contributed by atoms with E-state index in [1.54, 1.807) is 0 Å². The van der Waals surface area contributed by atoms with Gasteiger partial charge in [-0.15, -0.1) is 0 Å². The molecule has 0 radical (unpaired) electrons. The molecule has 22 heavy (non-hydrogen) atoms. The number of sulfone groups is 1. The molecule has 122 valence electrons. The van der Waals surface area contributed by atoms with Crippen molar-refractivity contribution in [1.29, 1.82) is 0 Å². The van der Waals surface area contributed by atoms with Crippen molar-refractivity contribution in [3.05, 3.63) is 29.6 Å². The third-order valence-electron chi connectivity index (χ3n) is 4.85. The van der Waals surface area contributed by atoms with Gasteiger partial charge in [0.05, 0.1) is 22.7 Å². The van der Waals surface area contributed by atoms with E-state index in [4.69, 9.17) is 4.74 Å². The molecule has 0 aromatic heterocycles. The topological polar surface area (TPSA) is 63.6 Å². The number of hydrogen-bond acceptors (Lipinski definition) is 4. The van der Waals surface area contributed by atoms with Crippen molar-refractivity contribution in [1.82, 2.24) is 0 Å². The number of rotatable bonds is 3. The van der Waals surface area contributed by atoms with E-state index in [0.717, 1.165) is 6.42 Å². The number of ether oxygens (including phenoxy) is 1. The summed E-state index contributed by atoms with van der Waals surface area (Å²) in [5.41, 5.74) is -0.964. The molecule has 2 unspecified atom stereocenters.